The van der Waals surface area contributed by atoms with Gasteiger partial charge in [-0.3, -0.25) is 4.57 Å². The fourth-order valence-corrected chi connectivity index (χ4v) is 4.49. The van der Waals surface area contributed by atoms with E-state index in [0.29, 0.717) is 11.3 Å². The molecule has 0 fully saturated rings. The van der Waals surface area contributed by atoms with Crippen molar-refractivity contribution in [2.45, 2.75) is 5.75 Å². The van der Waals surface area contributed by atoms with Crippen LogP contribution in [0.5, 0.6) is 17.2 Å². The lowest BCUT2D eigenvalue weighted by atomic mass is 10.2. The van der Waals surface area contributed by atoms with E-state index in [2.05, 4.69) is 0 Å². The molecule has 0 aliphatic heterocycles. The minimum Gasteiger partial charge on any atom is -0.493 e. The van der Waals surface area contributed by atoms with Gasteiger partial charge in [0.15, 0.2) is 21.3 Å². The van der Waals surface area contributed by atoms with Crippen LogP contribution in [0.1, 0.15) is 11.1 Å². The van der Waals surface area contributed by atoms with E-state index in [0.717, 1.165) is 11.5 Å². The Balaban J connectivity index is 2.39. The van der Waals surface area contributed by atoms with Gasteiger partial charge in [-0.25, -0.2) is 8.42 Å². The monoisotopic (exact) mass is 428 g/mol. The number of methoxy groups -OCH3 is 3. The highest BCUT2D eigenvalue weighted by Crippen LogP contribution is 2.40. The Labute approximate surface area is 163 Å². The molecule has 0 radical (unpaired) electrons. The van der Waals surface area contributed by atoms with Crippen LogP contribution in [0, 0.1) is 0 Å². The quantitative estimate of drug-likeness (QED) is 0.614. The van der Waals surface area contributed by atoms with Crippen LogP contribution in [0.15, 0.2) is 41.8 Å². The molecule has 2 rings (SSSR count). The fourth-order valence-electron chi connectivity index (χ4n) is 2.61. The van der Waals surface area contributed by atoms with Crippen LogP contribution in [-0.2, 0) is 20.2 Å². The van der Waals surface area contributed by atoms with Gasteiger partial charge in [-0.1, -0.05) is 24.3 Å². The molecule has 28 heavy (non-hydrogen) atoms. The SMILES string of the molecule is COc1ccc(CS(=O)(=O)C=Cc2ccccc2P(=O)(O)O)c(OC)c1OC. The normalized spacial score (nSPS) is 12.2. The van der Waals surface area contributed by atoms with Crippen LogP contribution in [0.3, 0.4) is 0 Å². The maximum absolute atomic E-state index is 12.5. The largest absolute Gasteiger partial charge is 0.493 e. The van der Waals surface area contributed by atoms with Gasteiger partial charge in [0.1, 0.15) is 0 Å². The minimum atomic E-state index is -4.53. The number of hydrogen-bond donors (Lipinski definition) is 2. The molecule has 0 spiro atoms. The van der Waals surface area contributed by atoms with E-state index in [9.17, 15) is 22.8 Å². The first-order valence-electron chi connectivity index (χ1n) is 7.96. The van der Waals surface area contributed by atoms with Crippen molar-refractivity contribution in [3.8, 4) is 17.2 Å². The lowest BCUT2D eigenvalue weighted by molar-refractivity contribution is 0.323. The smallest absolute Gasteiger partial charge is 0.356 e. The van der Waals surface area contributed by atoms with Gasteiger partial charge in [-0.2, -0.15) is 0 Å². The van der Waals surface area contributed by atoms with Gasteiger partial charge in [0.25, 0.3) is 0 Å². The van der Waals surface area contributed by atoms with Crippen molar-refractivity contribution >= 4 is 28.8 Å². The molecular weight excluding hydrogens is 407 g/mol. The highest BCUT2D eigenvalue weighted by molar-refractivity contribution is 7.93. The van der Waals surface area contributed by atoms with E-state index in [-0.39, 0.29) is 22.4 Å². The van der Waals surface area contributed by atoms with Gasteiger partial charge < -0.3 is 24.0 Å². The molecule has 0 unspecified atom stereocenters. The van der Waals surface area contributed by atoms with Crippen LogP contribution < -0.4 is 19.5 Å². The van der Waals surface area contributed by atoms with Crippen molar-refractivity contribution in [2.75, 3.05) is 21.3 Å². The van der Waals surface area contributed by atoms with E-state index in [4.69, 9.17) is 14.2 Å². The first-order valence-corrected chi connectivity index (χ1v) is 11.3. The van der Waals surface area contributed by atoms with Crippen molar-refractivity contribution in [3.05, 3.63) is 52.9 Å². The Bertz CT molecular complexity index is 1020. The molecule has 0 bridgehead atoms. The summed E-state index contributed by atoms with van der Waals surface area (Å²) in [5, 5.41) is 0.669. The van der Waals surface area contributed by atoms with Gasteiger partial charge >= 0.3 is 7.60 Å². The summed E-state index contributed by atoms with van der Waals surface area (Å²) in [7, 11) is -4.06. The summed E-state index contributed by atoms with van der Waals surface area (Å²) in [5.74, 6) is 0.500. The van der Waals surface area contributed by atoms with Gasteiger partial charge in [0.05, 0.1) is 32.4 Å². The average molecular weight is 428 g/mol. The molecule has 8 nitrogen and oxygen atoms in total. The van der Waals surface area contributed by atoms with Crippen molar-refractivity contribution in [1.29, 1.82) is 0 Å². The third kappa shape index (κ3) is 5.14. The summed E-state index contributed by atoms with van der Waals surface area (Å²) >= 11 is 0. The van der Waals surface area contributed by atoms with Gasteiger partial charge in [-0.05, 0) is 23.8 Å². The topological polar surface area (TPSA) is 119 Å². The zero-order valence-corrected chi connectivity index (χ0v) is 17.2. The van der Waals surface area contributed by atoms with Crippen molar-refractivity contribution in [1.82, 2.24) is 0 Å². The summed E-state index contributed by atoms with van der Waals surface area (Å²) in [6.07, 6.45) is 1.16. The molecule has 0 atom stereocenters. The predicted octanol–water partition coefficient (Wildman–Crippen LogP) is 2.10. The number of hydrogen-bond acceptors (Lipinski definition) is 6. The Hall–Kier alpha value is -2.32. The van der Waals surface area contributed by atoms with Gasteiger partial charge in [-0.15, -0.1) is 0 Å². The lowest BCUT2D eigenvalue weighted by Gasteiger charge is -2.15. The third-order valence-corrected chi connectivity index (χ3v) is 6.15. The molecule has 0 aliphatic rings. The Morgan fingerprint density at radius 1 is 0.964 bits per heavy atom. The fraction of sp³-hybridized carbons (Fsp3) is 0.222. The second kappa shape index (κ2) is 8.79. The molecule has 2 N–H and O–H groups in total. The zero-order valence-electron chi connectivity index (χ0n) is 15.5. The predicted molar refractivity (Wildman–Crippen MR) is 106 cm³/mol. The summed E-state index contributed by atoms with van der Waals surface area (Å²) < 4.78 is 52.4. The second-order valence-electron chi connectivity index (χ2n) is 5.71. The highest BCUT2D eigenvalue weighted by Gasteiger charge is 2.21. The molecule has 0 heterocycles. The molecule has 152 valence electrons. The third-order valence-electron chi connectivity index (χ3n) is 3.85. The van der Waals surface area contributed by atoms with Crippen LogP contribution in [-0.4, -0.2) is 39.5 Å². The minimum absolute atomic E-state index is 0.124. The van der Waals surface area contributed by atoms with Crippen molar-refractivity contribution in [3.63, 3.8) is 0 Å². The van der Waals surface area contributed by atoms with Crippen molar-refractivity contribution in [2.24, 2.45) is 0 Å². The Morgan fingerprint density at radius 3 is 2.18 bits per heavy atom. The standard InChI is InChI=1S/C18H21O8PS/c1-24-15-9-8-14(17(25-2)18(15)26-3)12-28(22,23)11-10-13-6-4-5-7-16(13)27(19,20)21/h4-11H,12H2,1-3H3,(H2,19,20,21). The molecule has 0 saturated heterocycles. The maximum atomic E-state index is 12.5. The van der Waals surface area contributed by atoms with E-state index in [1.807, 2.05) is 0 Å². The Kier molecular flexibility index (Phi) is 6.90. The van der Waals surface area contributed by atoms with Crippen LogP contribution in [0.2, 0.25) is 0 Å². The molecule has 0 aromatic heterocycles. The van der Waals surface area contributed by atoms with E-state index < -0.39 is 23.2 Å². The molecule has 10 heteroatoms. The number of rotatable bonds is 8. The molecule has 0 saturated carbocycles. The van der Waals surface area contributed by atoms with Crippen LogP contribution in [0.25, 0.3) is 6.08 Å². The van der Waals surface area contributed by atoms with Crippen LogP contribution >= 0.6 is 7.60 Å². The average Bonchev–Trinajstić information content (AvgIpc) is 2.65. The summed E-state index contributed by atoms with van der Waals surface area (Å²) in [6.45, 7) is 0. The first-order chi connectivity index (χ1) is 13.1. The van der Waals surface area contributed by atoms with Gasteiger partial charge in [0.2, 0.25) is 5.75 Å². The molecule has 2 aromatic rings. The molecular formula is C18H21O8PS. The summed E-state index contributed by atoms with van der Waals surface area (Å²) in [4.78, 5) is 18.8. The second-order valence-corrected chi connectivity index (χ2v) is 9.16. The van der Waals surface area contributed by atoms with E-state index in [1.165, 1.54) is 39.5 Å². The number of ether oxygens (including phenoxy) is 3. The van der Waals surface area contributed by atoms with Crippen LogP contribution in [0.4, 0.5) is 0 Å². The molecule has 0 amide bonds. The first kappa shape index (κ1) is 22.0. The molecule has 0 aliphatic carbocycles. The maximum Gasteiger partial charge on any atom is 0.356 e. The Morgan fingerprint density at radius 2 is 1.61 bits per heavy atom. The van der Waals surface area contributed by atoms with Crippen molar-refractivity contribution < 1.29 is 37.0 Å². The molecule has 2 aromatic carbocycles. The summed E-state index contributed by atoms with van der Waals surface area (Å²) in [6, 6.07) is 8.83. The summed E-state index contributed by atoms with van der Waals surface area (Å²) in [5.41, 5.74) is 0.478. The number of benzene rings is 2. The van der Waals surface area contributed by atoms with E-state index >= 15 is 0 Å². The van der Waals surface area contributed by atoms with Gasteiger partial charge in [0, 0.05) is 11.0 Å². The lowest BCUT2D eigenvalue weighted by Crippen LogP contribution is -2.08. The zero-order chi connectivity index (χ0) is 20.9. The highest BCUT2D eigenvalue weighted by atomic mass is 32.2. The number of sulfone groups is 1. The van der Waals surface area contributed by atoms with E-state index in [1.54, 1.807) is 18.2 Å².